The lowest BCUT2D eigenvalue weighted by Crippen LogP contribution is -2.29. The first-order valence-corrected chi connectivity index (χ1v) is 8.10. The molecule has 130 valence electrons. The van der Waals surface area contributed by atoms with Crippen LogP contribution in [0.15, 0.2) is 52.0 Å². The molecule has 0 heterocycles. The number of amides is 2. The molecular weight excluding hydrogens is 393 g/mol. The first-order valence-electron chi connectivity index (χ1n) is 7.30. The minimum Gasteiger partial charge on any atom is -0.507 e. The standard InChI is InChI=1S/C17H15BrFN3O3/c18-13-9-11(5-6-15(13)23)10-21-22-16(24)7-8-20-17(25)12-3-1-2-4-14(12)19/h1-6,9-10,23H,7-8H2,(H,20,25)(H,22,24)/b21-10+. The van der Waals surface area contributed by atoms with Gasteiger partial charge >= 0.3 is 0 Å². The van der Waals surface area contributed by atoms with Gasteiger partial charge in [-0.05, 0) is 51.8 Å². The summed E-state index contributed by atoms with van der Waals surface area (Å²) in [6.07, 6.45) is 1.41. The van der Waals surface area contributed by atoms with Crippen LogP contribution in [0.1, 0.15) is 22.3 Å². The molecule has 0 spiro atoms. The van der Waals surface area contributed by atoms with Crippen LogP contribution in [0.2, 0.25) is 0 Å². The Kier molecular flexibility index (Phi) is 6.64. The topological polar surface area (TPSA) is 90.8 Å². The highest BCUT2D eigenvalue weighted by atomic mass is 79.9. The molecule has 2 aromatic rings. The highest BCUT2D eigenvalue weighted by molar-refractivity contribution is 9.10. The fourth-order valence-electron chi connectivity index (χ4n) is 1.87. The van der Waals surface area contributed by atoms with Gasteiger partial charge in [0.05, 0.1) is 16.3 Å². The minimum absolute atomic E-state index is 0.00317. The second kappa shape index (κ2) is 8.93. The van der Waals surface area contributed by atoms with Crippen molar-refractivity contribution in [2.45, 2.75) is 6.42 Å². The molecule has 0 aliphatic carbocycles. The van der Waals surface area contributed by atoms with Crippen LogP contribution in [0.5, 0.6) is 5.75 Å². The second-order valence-electron chi connectivity index (χ2n) is 4.99. The van der Waals surface area contributed by atoms with Gasteiger partial charge in [-0.15, -0.1) is 0 Å². The Balaban J connectivity index is 1.75. The summed E-state index contributed by atoms with van der Waals surface area (Å²) in [7, 11) is 0. The number of phenolic OH excluding ortho intramolecular Hbond substituents is 1. The molecule has 0 aromatic heterocycles. The van der Waals surface area contributed by atoms with E-state index < -0.39 is 17.6 Å². The molecular formula is C17H15BrFN3O3. The summed E-state index contributed by atoms with van der Waals surface area (Å²) in [5.41, 5.74) is 2.93. The zero-order valence-electron chi connectivity index (χ0n) is 13.0. The van der Waals surface area contributed by atoms with Crippen molar-refractivity contribution in [3.05, 3.63) is 63.9 Å². The fraction of sp³-hybridized carbons (Fsp3) is 0.118. The lowest BCUT2D eigenvalue weighted by atomic mass is 10.2. The predicted octanol–water partition coefficient (Wildman–Crippen LogP) is 2.56. The maximum atomic E-state index is 13.4. The van der Waals surface area contributed by atoms with E-state index in [0.29, 0.717) is 10.0 Å². The maximum Gasteiger partial charge on any atom is 0.254 e. The molecule has 2 amide bonds. The predicted molar refractivity (Wildman–Crippen MR) is 94.9 cm³/mol. The van der Waals surface area contributed by atoms with Crippen LogP contribution < -0.4 is 10.7 Å². The number of nitrogens with one attached hydrogen (secondary N) is 2. The summed E-state index contributed by atoms with van der Waals surface area (Å²) in [5, 5.41) is 15.6. The molecule has 0 radical (unpaired) electrons. The number of rotatable bonds is 6. The highest BCUT2D eigenvalue weighted by Gasteiger charge is 2.10. The number of aromatic hydroxyl groups is 1. The Labute approximate surface area is 151 Å². The van der Waals surface area contributed by atoms with Gasteiger partial charge in [0, 0.05) is 13.0 Å². The molecule has 6 nitrogen and oxygen atoms in total. The third-order valence-electron chi connectivity index (χ3n) is 3.13. The van der Waals surface area contributed by atoms with Gasteiger partial charge in [0.2, 0.25) is 5.91 Å². The molecule has 2 aromatic carbocycles. The highest BCUT2D eigenvalue weighted by Crippen LogP contribution is 2.23. The van der Waals surface area contributed by atoms with Crippen LogP contribution in [0.4, 0.5) is 4.39 Å². The van der Waals surface area contributed by atoms with Gasteiger partial charge in [0.15, 0.2) is 0 Å². The van der Waals surface area contributed by atoms with Crippen LogP contribution in [0.3, 0.4) is 0 Å². The molecule has 0 saturated heterocycles. The number of carbonyl (C=O) groups is 2. The average molecular weight is 408 g/mol. The molecule has 0 aliphatic heterocycles. The van der Waals surface area contributed by atoms with Crippen molar-refractivity contribution in [1.29, 1.82) is 0 Å². The largest absolute Gasteiger partial charge is 0.507 e. The van der Waals surface area contributed by atoms with E-state index in [2.05, 4.69) is 31.8 Å². The lowest BCUT2D eigenvalue weighted by molar-refractivity contribution is -0.120. The van der Waals surface area contributed by atoms with E-state index in [9.17, 15) is 19.1 Å². The molecule has 0 aliphatic rings. The van der Waals surface area contributed by atoms with Crippen LogP contribution in [0.25, 0.3) is 0 Å². The van der Waals surface area contributed by atoms with E-state index in [-0.39, 0.29) is 24.3 Å². The molecule has 0 fully saturated rings. The van der Waals surface area contributed by atoms with Gasteiger partial charge in [0.1, 0.15) is 11.6 Å². The fourth-order valence-corrected chi connectivity index (χ4v) is 2.26. The number of hydrogen-bond acceptors (Lipinski definition) is 4. The van der Waals surface area contributed by atoms with Gasteiger partial charge in [0.25, 0.3) is 5.91 Å². The Morgan fingerprint density at radius 3 is 2.72 bits per heavy atom. The van der Waals surface area contributed by atoms with E-state index in [1.54, 1.807) is 18.2 Å². The molecule has 0 bridgehead atoms. The van der Waals surface area contributed by atoms with E-state index >= 15 is 0 Å². The number of halogens is 2. The molecule has 3 N–H and O–H groups in total. The molecule has 0 atom stereocenters. The smallest absolute Gasteiger partial charge is 0.254 e. The van der Waals surface area contributed by atoms with Gasteiger partial charge in [-0.1, -0.05) is 12.1 Å². The number of nitrogens with zero attached hydrogens (tertiary/aromatic N) is 1. The summed E-state index contributed by atoms with van der Waals surface area (Å²) < 4.78 is 13.9. The van der Waals surface area contributed by atoms with Gasteiger partial charge in [-0.2, -0.15) is 5.10 Å². The maximum absolute atomic E-state index is 13.4. The summed E-state index contributed by atoms with van der Waals surface area (Å²) in [5.74, 6) is -1.49. The monoisotopic (exact) mass is 407 g/mol. The van der Waals surface area contributed by atoms with Crippen LogP contribution in [-0.4, -0.2) is 29.7 Å². The van der Waals surface area contributed by atoms with Crippen LogP contribution >= 0.6 is 15.9 Å². The summed E-state index contributed by atoms with van der Waals surface area (Å²) in [6.45, 7) is 0.0548. The molecule has 25 heavy (non-hydrogen) atoms. The molecule has 0 unspecified atom stereocenters. The van der Waals surface area contributed by atoms with Crippen molar-refractivity contribution in [1.82, 2.24) is 10.7 Å². The Bertz CT molecular complexity index is 811. The number of phenols is 1. The molecule has 0 saturated carbocycles. The van der Waals surface area contributed by atoms with Gasteiger partial charge < -0.3 is 10.4 Å². The summed E-state index contributed by atoms with van der Waals surface area (Å²) in [4.78, 5) is 23.4. The Morgan fingerprint density at radius 1 is 1.24 bits per heavy atom. The van der Waals surface area contributed by atoms with Gasteiger partial charge in [-0.25, -0.2) is 9.82 Å². The number of carbonyl (C=O) groups excluding carboxylic acids is 2. The van der Waals surface area contributed by atoms with Crippen LogP contribution in [0, 0.1) is 5.82 Å². The zero-order valence-corrected chi connectivity index (χ0v) is 14.6. The lowest BCUT2D eigenvalue weighted by Gasteiger charge is -2.05. The quantitative estimate of drug-likeness (QED) is 0.507. The van der Waals surface area contributed by atoms with Crippen molar-refractivity contribution >= 4 is 34.0 Å². The Hall–Kier alpha value is -2.74. The third kappa shape index (κ3) is 5.68. The van der Waals surface area contributed by atoms with Crippen molar-refractivity contribution < 1.29 is 19.1 Å². The zero-order chi connectivity index (χ0) is 18.2. The molecule has 2 rings (SSSR count). The number of benzene rings is 2. The van der Waals surface area contributed by atoms with Crippen molar-refractivity contribution in [2.75, 3.05) is 6.54 Å². The van der Waals surface area contributed by atoms with Gasteiger partial charge in [-0.3, -0.25) is 9.59 Å². The van der Waals surface area contributed by atoms with E-state index in [0.717, 1.165) is 0 Å². The first-order chi connectivity index (χ1) is 12.0. The van der Waals surface area contributed by atoms with Crippen LogP contribution in [-0.2, 0) is 4.79 Å². The third-order valence-corrected chi connectivity index (χ3v) is 3.77. The summed E-state index contributed by atoms with van der Waals surface area (Å²) in [6, 6.07) is 10.4. The van der Waals surface area contributed by atoms with E-state index in [4.69, 9.17) is 0 Å². The van der Waals surface area contributed by atoms with Crippen molar-refractivity contribution in [3.8, 4) is 5.75 Å². The van der Waals surface area contributed by atoms with Crippen molar-refractivity contribution in [2.24, 2.45) is 5.10 Å². The number of hydrogen-bond donors (Lipinski definition) is 3. The minimum atomic E-state index is -0.617. The van der Waals surface area contributed by atoms with Crippen molar-refractivity contribution in [3.63, 3.8) is 0 Å². The Morgan fingerprint density at radius 2 is 2.00 bits per heavy atom. The normalized spacial score (nSPS) is 10.6. The second-order valence-corrected chi connectivity index (χ2v) is 5.84. The average Bonchev–Trinajstić information content (AvgIpc) is 2.58. The van der Waals surface area contributed by atoms with E-state index in [1.165, 1.54) is 30.5 Å². The van der Waals surface area contributed by atoms with E-state index in [1.807, 2.05) is 0 Å². The molecule has 8 heteroatoms. The summed E-state index contributed by atoms with van der Waals surface area (Å²) >= 11 is 3.17. The first kappa shape index (κ1) is 18.6. The SMILES string of the molecule is O=C(CCNC(=O)c1ccccc1F)N/N=C/c1ccc(O)c(Br)c1. The number of hydrazone groups is 1.